The van der Waals surface area contributed by atoms with E-state index in [1.807, 2.05) is 34.6 Å². The maximum Gasteiger partial charge on any atom is 0.215 e. The lowest BCUT2D eigenvalue weighted by atomic mass is 10.0. The molecule has 1 rings (SSSR count). The Balaban J connectivity index is 2.89. The van der Waals surface area contributed by atoms with E-state index in [2.05, 4.69) is 5.32 Å². The van der Waals surface area contributed by atoms with Gasteiger partial charge in [-0.25, -0.2) is 8.42 Å². The molecule has 2 unspecified atom stereocenters. The smallest absolute Gasteiger partial charge is 0.215 e. The summed E-state index contributed by atoms with van der Waals surface area (Å²) in [5.41, 5.74) is -0.191. The van der Waals surface area contributed by atoms with Crippen LogP contribution in [0.4, 0.5) is 0 Å². The fourth-order valence-corrected chi connectivity index (χ4v) is 4.77. The summed E-state index contributed by atoms with van der Waals surface area (Å²) in [6.45, 7) is 11.3. The van der Waals surface area contributed by atoms with Crippen molar-refractivity contribution in [3.63, 3.8) is 0 Å². The lowest BCUT2D eigenvalue weighted by molar-refractivity contribution is 0.217. The quantitative estimate of drug-likeness (QED) is 0.794. The predicted octanol–water partition coefficient (Wildman–Crippen LogP) is 1.04. The number of sulfonamides is 1. The van der Waals surface area contributed by atoms with Crippen LogP contribution in [0.15, 0.2) is 0 Å². The van der Waals surface area contributed by atoms with Crippen molar-refractivity contribution in [2.24, 2.45) is 5.41 Å². The molecule has 96 valence electrons. The number of nitrogens with one attached hydrogen (secondary N) is 1. The molecular weight excluding hydrogens is 224 g/mol. The van der Waals surface area contributed by atoms with Crippen LogP contribution in [0.5, 0.6) is 0 Å². The van der Waals surface area contributed by atoms with Crippen molar-refractivity contribution in [3.8, 4) is 0 Å². The molecule has 0 aromatic carbocycles. The van der Waals surface area contributed by atoms with Crippen molar-refractivity contribution in [2.45, 2.75) is 46.7 Å². The Morgan fingerprint density at radius 2 is 1.62 bits per heavy atom. The Morgan fingerprint density at radius 1 is 1.19 bits per heavy atom. The highest BCUT2D eigenvalue weighted by atomic mass is 32.2. The van der Waals surface area contributed by atoms with Gasteiger partial charge in [0.15, 0.2) is 0 Å². The summed E-state index contributed by atoms with van der Waals surface area (Å²) in [5, 5.41) is 3.24. The van der Waals surface area contributed by atoms with Crippen molar-refractivity contribution in [1.82, 2.24) is 9.62 Å². The number of rotatable bonds is 2. The molecule has 2 atom stereocenters. The molecule has 1 aliphatic rings. The maximum atomic E-state index is 12.3. The van der Waals surface area contributed by atoms with Crippen LogP contribution in [0.2, 0.25) is 0 Å². The molecule has 5 heteroatoms. The molecule has 0 spiro atoms. The zero-order valence-corrected chi connectivity index (χ0v) is 11.8. The second-order valence-electron chi connectivity index (χ2n) is 6.00. The van der Waals surface area contributed by atoms with E-state index in [1.165, 1.54) is 0 Å². The first-order valence-electron chi connectivity index (χ1n) is 5.85. The Hall–Kier alpha value is -0.130. The van der Waals surface area contributed by atoms with Gasteiger partial charge in [-0.05, 0) is 19.3 Å². The molecule has 0 amide bonds. The molecular formula is C11H24N2O2S. The first kappa shape index (κ1) is 13.9. The van der Waals surface area contributed by atoms with Gasteiger partial charge in [-0.3, -0.25) is 0 Å². The first-order valence-corrected chi connectivity index (χ1v) is 7.46. The minimum absolute atomic E-state index is 0.0519. The molecule has 0 aliphatic carbocycles. The number of hydrogen-bond acceptors (Lipinski definition) is 3. The fraction of sp³-hybridized carbons (Fsp3) is 1.00. The highest BCUT2D eigenvalue weighted by Gasteiger charge is 2.36. The zero-order valence-electron chi connectivity index (χ0n) is 10.9. The Morgan fingerprint density at radius 3 is 2.00 bits per heavy atom. The summed E-state index contributed by atoms with van der Waals surface area (Å²) in [6.07, 6.45) is 0. The maximum absolute atomic E-state index is 12.3. The van der Waals surface area contributed by atoms with Gasteiger partial charge in [0.2, 0.25) is 10.0 Å². The van der Waals surface area contributed by atoms with Gasteiger partial charge < -0.3 is 5.32 Å². The van der Waals surface area contributed by atoms with Gasteiger partial charge in [0.1, 0.15) is 0 Å². The van der Waals surface area contributed by atoms with E-state index in [1.54, 1.807) is 4.31 Å². The average molecular weight is 248 g/mol. The average Bonchev–Trinajstić information content (AvgIpc) is 1.97. The molecule has 0 saturated carbocycles. The second-order valence-corrected chi connectivity index (χ2v) is 7.88. The summed E-state index contributed by atoms with van der Waals surface area (Å²) >= 11 is 0. The molecule has 4 nitrogen and oxygen atoms in total. The number of piperazine rings is 1. The third-order valence-electron chi connectivity index (χ3n) is 2.68. The highest BCUT2D eigenvalue weighted by Crippen LogP contribution is 2.23. The summed E-state index contributed by atoms with van der Waals surface area (Å²) in [4.78, 5) is 0. The Bertz CT molecular complexity index is 322. The van der Waals surface area contributed by atoms with E-state index in [-0.39, 0.29) is 23.3 Å². The highest BCUT2D eigenvalue weighted by molar-refractivity contribution is 7.89. The monoisotopic (exact) mass is 248 g/mol. The summed E-state index contributed by atoms with van der Waals surface area (Å²) < 4.78 is 26.3. The van der Waals surface area contributed by atoms with Gasteiger partial charge in [-0.1, -0.05) is 20.8 Å². The van der Waals surface area contributed by atoms with Crippen molar-refractivity contribution >= 4 is 10.0 Å². The summed E-state index contributed by atoms with van der Waals surface area (Å²) in [7, 11) is -3.15. The van der Waals surface area contributed by atoms with E-state index in [9.17, 15) is 8.42 Å². The molecule has 1 fully saturated rings. The molecule has 0 radical (unpaired) electrons. The Kier molecular flexibility index (Phi) is 4.03. The number of nitrogens with zero attached hydrogens (tertiary/aromatic N) is 1. The van der Waals surface area contributed by atoms with Gasteiger partial charge in [-0.2, -0.15) is 4.31 Å². The summed E-state index contributed by atoms with van der Waals surface area (Å²) in [6, 6.07) is 0.104. The zero-order chi connectivity index (χ0) is 12.6. The first-order chi connectivity index (χ1) is 7.13. The van der Waals surface area contributed by atoms with Crippen LogP contribution >= 0.6 is 0 Å². The molecule has 1 saturated heterocycles. The lowest BCUT2D eigenvalue weighted by Crippen LogP contribution is -2.58. The van der Waals surface area contributed by atoms with E-state index in [0.29, 0.717) is 0 Å². The van der Waals surface area contributed by atoms with Crippen molar-refractivity contribution in [2.75, 3.05) is 18.8 Å². The normalized spacial score (nSPS) is 29.3. The molecule has 1 N–H and O–H groups in total. The third kappa shape index (κ3) is 3.43. The van der Waals surface area contributed by atoms with E-state index < -0.39 is 10.0 Å². The van der Waals surface area contributed by atoms with Crippen molar-refractivity contribution in [3.05, 3.63) is 0 Å². The van der Waals surface area contributed by atoms with Crippen LogP contribution in [0.25, 0.3) is 0 Å². The van der Waals surface area contributed by atoms with Crippen molar-refractivity contribution in [1.29, 1.82) is 0 Å². The van der Waals surface area contributed by atoms with Crippen LogP contribution in [0, 0.1) is 5.41 Å². The molecule has 0 bridgehead atoms. The standard InChI is InChI=1S/C11H24N2O2S/c1-9-6-12-7-10(2)13(9)16(14,15)8-11(3,4)5/h9-10,12H,6-8H2,1-5H3. The van der Waals surface area contributed by atoms with Crippen LogP contribution < -0.4 is 5.32 Å². The Labute approximate surface area is 99.5 Å². The van der Waals surface area contributed by atoms with E-state index in [0.717, 1.165) is 13.1 Å². The fourth-order valence-electron chi connectivity index (χ4n) is 2.29. The van der Waals surface area contributed by atoms with E-state index in [4.69, 9.17) is 0 Å². The molecule has 0 aromatic rings. The van der Waals surface area contributed by atoms with Gasteiger partial charge in [0, 0.05) is 25.2 Å². The van der Waals surface area contributed by atoms with E-state index >= 15 is 0 Å². The summed E-state index contributed by atoms with van der Waals surface area (Å²) in [5.74, 6) is 0.217. The molecule has 16 heavy (non-hydrogen) atoms. The van der Waals surface area contributed by atoms with Crippen LogP contribution in [0.3, 0.4) is 0 Å². The number of hydrogen-bond donors (Lipinski definition) is 1. The van der Waals surface area contributed by atoms with Gasteiger partial charge in [0.05, 0.1) is 5.75 Å². The van der Waals surface area contributed by atoms with Crippen LogP contribution in [-0.2, 0) is 10.0 Å². The van der Waals surface area contributed by atoms with Crippen LogP contribution in [-0.4, -0.2) is 43.6 Å². The molecule has 1 aliphatic heterocycles. The predicted molar refractivity (Wildman–Crippen MR) is 66.9 cm³/mol. The minimum atomic E-state index is -3.15. The SMILES string of the molecule is CC1CNCC(C)N1S(=O)(=O)CC(C)(C)C. The third-order valence-corrected chi connectivity index (χ3v) is 5.28. The second kappa shape index (κ2) is 4.63. The molecule has 0 aromatic heterocycles. The van der Waals surface area contributed by atoms with Gasteiger partial charge in [0.25, 0.3) is 0 Å². The van der Waals surface area contributed by atoms with Gasteiger partial charge in [-0.15, -0.1) is 0 Å². The topological polar surface area (TPSA) is 49.4 Å². The van der Waals surface area contributed by atoms with Crippen LogP contribution in [0.1, 0.15) is 34.6 Å². The minimum Gasteiger partial charge on any atom is -0.314 e. The van der Waals surface area contributed by atoms with Gasteiger partial charge >= 0.3 is 0 Å². The van der Waals surface area contributed by atoms with Crippen molar-refractivity contribution < 1.29 is 8.42 Å². The lowest BCUT2D eigenvalue weighted by Gasteiger charge is -2.39. The molecule has 1 heterocycles. The largest absolute Gasteiger partial charge is 0.314 e.